The van der Waals surface area contributed by atoms with Crippen molar-refractivity contribution in [3.63, 3.8) is 0 Å². The van der Waals surface area contributed by atoms with Gasteiger partial charge in [0.1, 0.15) is 0 Å². The molecule has 0 atom stereocenters. The van der Waals surface area contributed by atoms with Crippen molar-refractivity contribution in [2.75, 3.05) is 5.32 Å². The van der Waals surface area contributed by atoms with Crippen molar-refractivity contribution in [2.24, 2.45) is 23.2 Å². The summed E-state index contributed by atoms with van der Waals surface area (Å²) in [5.74, 6) is 2.36. The highest BCUT2D eigenvalue weighted by Crippen LogP contribution is 2.61. The quantitative estimate of drug-likeness (QED) is 0.434. The van der Waals surface area contributed by atoms with E-state index in [0.29, 0.717) is 28.4 Å². The molecule has 0 unspecified atom stereocenters. The molecule has 0 aliphatic heterocycles. The number of nitrogens with zero attached hydrogens (tertiary/aromatic N) is 1. The minimum absolute atomic E-state index is 0.0124. The van der Waals surface area contributed by atoms with Gasteiger partial charge in [-0.05, 0) is 97.6 Å². The van der Waals surface area contributed by atoms with Crippen molar-refractivity contribution >= 4 is 22.4 Å². The van der Waals surface area contributed by atoms with Crippen molar-refractivity contribution in [1.82, 2.24) is 4.57 Å². The number of halogens is 3. The van der Waals surface area contributed by atoms with Gasteiger partial charge in [0, 0.05) is 29.1 Å². The lowest BCUT2D eigenvalue weighted by Crippen LogP contribution is -2.47. The Bertz CT molecular complexity index is 1340. The maximum atomic E-state index is 13.2. The van der Waals surface area contributed by atoms with E-state index in [2.05, 4.69) is 5.32 Å². The van der Waals surface area contributed by atoms with E-state index in [0.717, 1.165) is 49.1 Å². The predicted octanol–water partition coefficient (Wildman–Crippen LogP) is 6.61. The largest absolute Gasteiger partial charge is 0.416 e. The molecule has 1 heterocycles. The summed E-state index contributed by atoms with van der Waals surface area (Å²) >= 11 is 0. The van der Waals surface area contributed by atoms with Crippen molar-refractivity contribution in [2.45, 2.75) is 57.7 Å². The molecule has 4 fully saturated rings. The molecule has 1 amide bonds. The molecule has 2 aromatic carbocycles. The monoisotopic (exact) mass is 494 g/mol. The number of carbonyl (C=O) groups excluding carboxylic acids is 1. The van der Waals surface area contributed by atoms with Gasteiger partial charge in [0.15, 0.2) is 0 Å². The lowest BCUT2D eigenvalue weighted by Gasteiger charge is -2.56. The molecule has 3 aromatic rings. The van der Waals surface area contributed by atoms with Crippen LogP contribution in [0.3, 0.4) is 0 Å². The SMILES string of the molecule is O=C(CC12CC3CC(CC(C3)C1)C2)Nc1cccc2c(=O)n(Cc3ccc(C(F)(F)F)cc3)ccc12. The van der Waals surface area contributed by atoms with Gasteiger partial charge >= 0.3 is 6.18 Å². The zero-order valence-electron chi connectivity index (χ0n) is 20.0. The third-order valence-electron chi connectivity index (χ3n) is 8.63. The summed E-state index contributed by atoms with van der Waals surface area (Å²) in [4.78, 5) is 26.3. The number of aromatic nitrogens is 1. The summed E-state index contributed by atoms with van der Waals surface area (Å²) in [7, 11) is 0. The molecule has 7 heteroatoms. The highest BCUT2D eigenvalue weighted by molar-refractivity contribution is 6.02. The van der Waals surface area contributed by atoms with E-state index < -0.39 is 11.7 Å². The molecule has 188 valence electrons. The third kappa shape index (κ3) is 4.33. The summed E-state index contributed by atoms with van der Waals surface area (Å²) in [6, 6.07) is 11.9. The van der Waals surface area contributed by atoms with Crippen LogP contribution in [0.5, 0.6) is 0 Å². The number of hydrogen-bond acceptors (Lipinski definition) is 2. The highest BCUT2D eigenvalue weighted by atomic mass is 19.4. The smallest absolute Gasteiger partial charge is 0.325 e. The van der Waals surface area contributed by atoms with Crippen LogP contribution in [-0.4, -0.2) is 10.5 Å². The molecular weight excluding hydrogens is 465 g/mol. The molecule has 4 saturated carbocycles. The molecule has 4 bridgehead atoms. The number of nitrogens with one attached hydrogen (secondary N) is 1. The first kappa shape index (κ1) is 23.3. The normalized spacial score (nSPS) is 26.9. The molecule has 4 aliphatic rings. The van der Waals surface area contributed by atoms with Crippen LogP contribution in [0.15, 0.2) is 59.5 Å². The van der Waals surface area contributed by atoms with E-state index in [1.54, 1.807) is 24.4 Å². The number of pyridine rings is 1. The lowest BCUT2D eigenvalue weighted by molar-refractivity contribution is -0.137. The Kier molecular flexibility index (Phi) is 5.50. The number of fused-ring (bicyclic) bond motifs is 1. The van der Waals surface area contributed by atoms with Crippen LogP contribution in [0.2, 0.25) is 0 Å². The molecule has 0 saturated heterocycles. The molecule has 1 aromatic heterocycles. The topological polar surface area (TPSA) is 51.1 Å². The van der Waals surface area contributed by atoms with E-state index in [1.807, 2.05) is 6.07 Å². The number of rotatable bonds is 5. The van der Waals surface area contributed by atoms with Crippen LogP contribution >= 0.6 is 0 Å². The summed E-state index contributed by atoms with van der Waals surface area (Å²) < 4.78 is 40.0. The van der Waals surface area contributed by atoms with Gasteiger partial charge in [-0.3, -0.25) is 9.59 Å². The standard InChI is InChI=1S/C29H29F3N2O2/c30-29(31,32)22-6-4-18(5-7-22)17-34-9-8-23-24(27(34)36)2-1-3-25(23)33-26(35)16-28-13-19-10-20(14-28)12-21(11-19)15-28/h1-9,19-21H,10-17H2,(H,33,35). The molecule has 0 radical (unpaired) electrons. The molecule has 0 spiro atoms. The number of carbonyl (C=O) groups is 1. The summed E-state index contributed by atoms with van der Waals surface area (Å²) in [5.41, 5.74) is 0.402. The van der Waals surface area contributed by atoms with Crippen molar-refractivity contribution in [3.8, 4) is 0 Å². The van der Waals surface area contributed by atoms with Crippen LogP contribution < -0.4 is 10.9 Å². The van der Waals surface area contributed by atoms with Gasteiger partial charge in [-0.1, -0.05) is 18.2 Å². The van der Waals surface area contributed by atoms with E-state index in [-0.39, 0.29) is 23.4 Å². The Labute approximate surface area is 207 Å². The van der Waals surface area contributed by atoms with Gasteiger partial charge in [-0.25, -0.2) is 0 Å². The third-order valence-corrected chi connectivity index (χ3v) is 8.63. The fourth-order valence-electron chi connectivity index (χ4n) is 7.59. The molecule has 36 heavy (non-hydrogen) atoms. The predicted molar refractivity (Wildman–Crippen MR) is 133 cm³/mol. The Hall–Kier alpha value is -3.09. The molecule has 4 aliphatic carbocycles. The Morgan fingerprint density at radius 2 is 1.56 bits per heavy atom. The maximum absolute atomic E-state index is 13.2. The fraction of sp³-hybridized carbons (Fsp3) is 0.448. The number of alkyl halides is 3. The minimum Gasteiger partial charge on any atom is -0.325 e. The van der Waals surface area contributed by atoms with Crippen LogP contribution in [0.25, 0.3) is 10.8 Å². The number of hydrogen-bond donors (Lipinski definition) is 1. The van der Waals surface area contributed by atoms with E-state index in [1.165, 1.54) is 36.0 Å². The summed E-state index contributed by atoms with van der Waals surface area (Å²) in [6.45, 7) is 0.162. The van der Waals surface area contributed by atoms with Crippen LogP contribution in [0.4, 0.5) is 18.9 Å². The second-order valence-corrected chi connectivity index (χ2v) is 11.4. The van der Waals surface area contributed by atoms with Crippen molar-refractivity contribution in [1.29, 1.82) is 0 Å². The second kappa shape index (κ2) is 8.49. The van der Waals surface area contributed by atoms with Gasteiger partial charge in [0.2, 0.25) is 5.91 Å². The first-order chi connectivity index (χ1) is 17.2. The van der Waals surface area contributed by atoms with Gasteiger partial charge in [-0.15, -0.1) is 0 Å². The number of anilines is 1. The van der Waals surface area contributed by atoms with E-state index >= 15 is 0 Å². The molecule has 7 rings (SSSR count). The molecule has 1 N–H and O–H groups in total. The van der Waals surface area contributed by atoms with Gasteiger partial charge in [0.25, 0.3) is 5.56 Å². The number of amides is 1. The van der Waals surface area contributed by atoms with Crippen molar-refractivity contribution in [3.05, 3.63) is 76.2 Å². The van der Waals surface area contributed by atoms with E-state index in [4.69, 9.17) is 0 Å². The maximum Gasteiger partial charge on any atom is 0.416 e. The lowest BCUT2D eigenvalue weighted by atomic mass is 9.49. The van der Waals surface area contributed by atoms with Crippen molar-refractivity contribution < 1.29 is 18.0 Å². The summed E-state index contributed by atoms with van der Waals surface area (Å²) in [6.07, 6.45) is 5.28. The van der Waals surface area contributed by atoms with Crippen LogP contribution in [0, 0.1) is 23.2 Å². The average molecular weight is 495 g/mol. The van der Waals surface area contributed by atoms with Gasteiger partial charge in [-0.2, -0.15) is 13.2 Å². The minimum atomic E-state index is -4.39. The zero-order chi connectivity index (χ0) is 25.1. The summed E-state index contributed by atoms with van der Waals surface area (Å²) in [5, 5.41) is 4.22. The van der Waals surface area contributed by atoms with Gasteiger partial charge < -0.3 is 9.88 Å². The first-order valence-corrected chi connectivity index (χ1v) is 12.8. The second-order valence-electron chi connectivity index (χ2n) is 11.4. The Morgan fingerprint density at radius 1 is 0.917 bits per heavy atom. The Morgan fingerprint density at radius 3 is 2.17 bits per heavy atom. The highest BCUT2D eigenvalue weighted by Gasteiger charge is 2.51. The van der Waals surface area contributed by atoms with Crippen LogP contribution in [-0.2, 0) is 17.5 Å². The first-order valence-electron chi connectivity index (χ1n) is 12.8. The number of benzene rings is 2. The molecule has 4 nitrogen and oxygen atoms in total. The molecular formula is C29H29F3N2O2. The van der Waals surface area contributed by atoms with Crippen LogP contribution in [0.1, 0.15) is 56.1 Å². The average Bonchev–Trinajstić information content (AvgIpc) is 2.80. The van der Waals surface area contributed by atoms with E-state index in [9.17, 15) is 22.8 Å². The fourth-order valence-corrected chi connectivity index (χ4v) is 7.59. The zero-order valence-corrected chi connectivity index (χ0v) is 20.0. The van der Waals surface area contributed by atoms with Gasteiger partial charge in [0.05, 0.1) is 12.1 Å². The Balaban J connectivity index is 1.20.